The van der Waals surface area contributed by atoms with Crippen molar-refractivity contribution in [3.63, 3.8) is 0 Å². The summed E-state index contributed by atoms with van der Waals surface area (Å²) >= 11 is 11.0. The highest BCUT2D eigenvalue weighted by atomic mass is 79.9. The Kier molecular flexibility index (Phi) is 6.89. The lowest BCUT2D eigenvalue weighted by Gasteiger charge is -2.13. The number of nitriles is 1. The molecule has 28 heavy (non-hydrogen) atoms. The molecule has 8 heteroatoms. The number of aryl methyl sites for hydroxylation is 1. The van der Waals surface area contributed by atoms with Crippen LogP contribution in [0, 0.1) is 11.3 Å². The van der Waals surface area contributed by atoms with Crippen LogP contribution < -0.4 is 15.4 Å². The molecule has 144 valence electrons. The molecule has 0 spiro atoms. The highest BCUT2D eigenvalue weighted by molar-refractivity contribution is 9.10. The fourth-order valence-corrected chi connectivity index (χ4v) is 4.58. The minimum atomic E-state index is -0.247. The molecule has 2 aromatic carbocycles. The molecular weight excluding hydrogens is 462 g/mol. The average Bonchev–Trinajstić information content (AvgIpc) is 3.00. The van der Waals surface area contributed by atoms with E-state index in [0.29, 0.717) is 20.2 Å². The van der Waals surface area contributed by atoms with Gasteiger partial charge in [0.1, 0.15) is 6.07 Å². The Balaban J connectivity index is 1.72. The summed E-state index contributed by atoms with van der Waals surface area (Å²) in [6.45, 7) is 2.02. The summed E-state index contributed by atoms with van der Waals surface area (Å²) < 4.78 is 5.93. The number of thioether (sulfide) groups is 1. The Morgan fingerprint density at radius 2 is 2.14 bits per heavy atom. The minimum Gasteiger partial charge on any atom is -0.476 e. The molecule has 1 aliphatic heterocycles. The van der Waals surface area contributed by atoms with Crippen molar-refractivity contribution >= 4 is 57.0 Å². The number of carbonyl (C=O) groups excluding carboxylic acids is 1. The van der Waals surface area contributed by atoms with Gasteiger partial charge in [-0.3, -0.25) is 4.79 Å². The van der Waals surface area contributed by atoms with Crippen molar-refractivity contribution in [3.05, 3.63) is 61.9 Å². The quantitative estimate of drug-likeness (QED) is 0.561. The second-order valence-electron chi connectivity index (χ2n) is 5.94. The topological polar surface area (TPSA) is 74.2 Å². The maximum atomic E-state index is 12.3. The summed E-state index contributed by atoms with van der Waals surface area (Å²) in [5.74, 6) is 0.258. The molecule has 1 aliphatic rings. The van der Waals surface area contributed by atoms with Crippen molar-refractivity contribution in [2.24, 2.45) is 0 Å². The second kappa shape index (κ2) is 9.37. The average molecular weight is 479 g/mol. The number of benzene rings is 2. The van der Waals surface area contributed by atoms with E-state index in [1.807, 2.05) is 18.2 Å². The van der Waals surface area contributed by atoms with E-state index in [-0.39, 0.29) is 18.0 Å². The second-order valence-corrected chi connectivity index (χ2v) is 8.34. The highest BCUT2D eigenvalue weighted by Gasteiger charge is 2.27. The lowest BCUT2D eigenvalue weighted by molar-refractivity contribution is -0.116. The van der Waals surface area contributed by atoms with Crippen LogP contribution in [0.1, 0.15) is 18.1 Å². The first-order chi connectivity index (χ1) is 13.5. The zero-order valence-electron chi connectivity index (χ0n) is 15.0. The summed E-state index contributed by atoms with van der Waals surface area (Å²) in [6.07, 6.45) is 2.76. The minimum absolute atomic E-state index is 0.0937. The van der Waals surface area contributed by atoms with Crippen molar-refractivity contribution in [1.29, 1.82) is 5.26 Å². The van der Waals surface area contributed by atoms with Crippen LogP contribution in [0.25, 0.3) is 6.08 Å². The van der Waals surface area contributed by atoms with Crippen LogP contribution in [0.5, 0.6) is 5.75 Å². The predicted octanol–water partition coefficient (Wildman–Crippen LogP) is 5.17. The SMILES string of the molecule is CCc1ccc(N[C@H]2NC(=O)/C(=C/c3cc(Cl)c(OCC#N)c(Br)c3)S2)cc1. The van der Waals surface area contributed by atoms with Gasteiger partial charge in [0.25, 0.3) is 5.91 Å². The molecule has 1 heterocycles. The Bertz CT molecular complexity index is 934. The van der Waals surface area contributed by atoms with E-state index in [1.165, 1.54) is 17.3 Å². The Morgan fingerprint density at radius 1 is 1.39 bits per heavy atom. The molecule has 0 aromatic heterocycles. The van der Waals surface area contributed by atoms with Crippen molar-refractivity contribution in [3.8, 4) is 11.8 Å². The molecule has 2 aromatic rings. The van der Waals surface area contributed by atoms with Crippen LogP contribution >= 0.6 is 39.3 Å². The summed E-state index contributed by atoms with van der Waals surface area (Å²) in [5, 5.41) is 15.2. The van der Waals surface area contributed by atoms with Gasteiger partial charge in [0.2, 0.25) is 0 Å². The number of ether oxygens (including phenoxy) is 1. The first-order valence-corrected chi connectivity index (χ1v) is 10.6. The smallest absolute Gasteiger partial charge is 0.260 e. The van der Waals surface area contributed by atoms with Crippen LogP contribution in [0.15, 0.2) is 45.8 Å². The van der Waals surface area contributed by atoms with E-state index in [0.717, 1.165) is 17.7 Å². The first kappa shape index (κ1) is 20.6. The highest BCUT2D eigenvalue weighted by Crippen LogP contribution is 2.37. The molecule has 0 saturated carbocycles. The summed E-state index contributed by atoms with van der Waals surface area (Å²) in [6, 6.07) is 13.5. The number of anilines is 1. The molecule has 0 unspecified atom stereocenters. The molecule has 0 bridgehead atoms. The number of rotatable bonds is 6. The number of halogens is 2. The van der Waals surface area contributed by atoms with Gasteiger partial charge in [-0.2, -0.15) is 5.26 Å². The number of nitrogens with one attached hydrogen (secondary N) is 2. The van der Waals surface area contributed by atoms with Gasteiger partial charge in [-0.1, -0.05) is 42.4 Å². The van der Waals surface area contributed by atoms with Crippen LogP contribution in [0.2, 0.25) is 5.02 Å². The third-order valence-corrected chi connectivity index (χ3v) is 5.89. The lowest BCUT2D eigenvalue weighted by Crippen LogP contribution is -2.30. The Hall–Kier alpha value is -2.14. The van der Waals surface area contributed by atoms with Gasteiger partial charge in [-0.05, 0) is 63.8 Å². The van der Waals surface area contributed by atoms with E-state index in [9.17, 15) is 4.79 Å². The van der Waals surface area contributed by atoms with Gasteiger partial charge in [0, 0.05) is 5.69 Å². The van der Waals surface area contributed by atoms with Gasteiger partial charge in [-0.25, -0.2) is 0 Å². The fraction of sp³-hybridized carbons (Fsp3) is 0.200. The third-order valence-electron chi connectivity index (χ3n) is 3.99. The largest absolute Gasteiger partial charge is 0.476 e. The summed E-state index contributed by atoms with van der Waals surface area (Å²) in [5.41, 5.74) is 2.72. The van der Waals surface area contributed by atoms with Crippen LogP contribution in [-0.4, -0.2) is 18.0 Å². The molecule has 1 atom stereocenters. The molecule has 1 amide bonds. The third kappa shape index (κ3) is 5.02. The standard InChI is InChI=1S/C20H17BrClN3O2S/c1-2-12-3-5-14(6-4-12)24-20-25-19(26)17(28-20)11-13-9-15(21)18(16(22)10-13)27-8-7-23/h3-6,9-11,20,24H,2,8H2,1H3,(H,25,26)/b17-11-/t20-/m0/s1. The maximum absolute atomic E-state index is 12.3. The summed E-state index contributed by atoms with van der Waals surface area (Å²) in [4.78, 5) is 12.9. The normalized spacial score (nSPS) is 17.3. The van der Waals surface area contributed by atoms with Gasteiger partial charge in [0.05, 0.1) is 14.4 Å². The van der Waals surface area contributed by atoms with E-state index in [1.54, 1.807) is 18.2 Å². The molecule has 1 saturated heterocycles. The summed E-state index contributed by atoms with van der Waals surface area (Å²) in [7, 11) is 0. The van der Waals surface area contributed by atoms with E-state index in [4.69, 9.17) is 21.6 Å². The number of hydrogen-bond acceptors (Lipinski definition) is 5. The fourth-order valence-electron chi connectivity index (χ4n) is 2.61. The van der Waals surface area contributed by atoms with Gasteiger partial charge in [0.15, 0.2) is 17.9 Å². The van der Waals surface area contributed by atoms with E-state index < -0.39 is 0 Å². The zero-order chi connectivity index (χ0) is 20.1. The van der Waals surface area contributed by atoms with Crippen LogP contribution in [-0.2, 0) is 11.2 Å². The molecule has 0 aliphatic carbocycles. The van der Waals surface area contributed by atoms with Gasteiger partial charge >= 0.3 is 0 Å². The number of nitrogens with zero attached hydrogens (tertiary/aromatic N) is 1. The zero-order valence-corrected chi connectivity index (χ0v) is 18.1. The number of carbonyl (C=O) groups is 1. The van der Waals surface area contributed by atoms with E-state index >= 15 is 0 Å². The molecule has 5 nitrogen and oxygen atoms in total. The van der Waals surface area contributed by atoms with E-state index in [2.05, 4.69) is 45.6 Å². The van der Waals surface area contributed by atoms with Gasteiger partial charge < -0.3 is 15.4 Å². The Labute approximate surface area is 181 Å². The van der Waals surface area contributed by atoms with Crippen LogP contribution in [0.4, 0.5) is 5.69 Å². The first-order valence-electron chi connectivity index (χ1n) is 8.53. The molecular formula is C20H17BrClN3O2S. The van der Waals surface area contributed by atoms with Crippen molar-refractivity contribution in [2.45, 2.75) is 18.8 Å². The van der Waals surface area contributed by atoms with Crippen molar-refractivity contribution < 1.29 is 9.53 Å². The molecule has 0 radical (unpaired) electrons. The van der Waals surface area contributed by atoms with Crippen LogP contribution in [0.3, 0.4) is 0 Å². The molecule has 1 fully saturated rings. The van der Waals surface area contributed by atoms with Gasteiger partial charge in [-0.15, -0.1) is 0 Å². The Morgan fingerprint density at radius 3 is 2.79 bits per heavy atom. The monoisotopic (exact) mass is 477 g/mol. The molecule has 3 rings (SSSR count). The van der Waals surface area contributed by atoms with Crippen molar-refractivity contribution in [2.75, 3.05) is 11.9 Å². The lowest BCUT2D eigenvalue weighted by atomic mass is 10.1. The maximum Gasteiger partial charge on any atom is 0.260 e. The molecule has 2 N–H and O–H groups in total. The number of hydrogen-bond donors (Lipinski definition) is 2. The predicted molar refractivity (Wildman–Crippen MR) is 117 cm³/mol. The number of amides is 1. The van der Waals surface area contributed by atoms with Crippen molar-refractivity contribution in [1.82, 2.24) is 5.32 Å².